The van der Waals surface area contributed by atoms with Gasteiger partial charge in [0.05, 0.1) is 17.3 Å². The number of carbonyl (C=O) groups is 1. The highest BCUT2D eigenvalue weighted by atomic mass is 16.1. The van der Waals surface area contributed by atoms with Crippen LogP contribution in [0.1, 0.15) is 42.7 Å². The lowest BCUT2D eigenvalue weighted by Gasteiger charge is -2.31. The molecular formula is C12H22N4O. The number of nitrogens with zero attached hydrogens (tertiary/aromatic N) is 2. The summed E-state index contributed by atoms with van der Waals surface area (Å²) in [5.74, 6) is -0.0928. The Morgan fingerprint density at radius 2 is 2.12 bits per heavy atom. The Balaban J connectivity index is 2.88. The highest BCUT2D eigenvalue weighted by Gasteiger charge is 2.27. The topological polar surface area (TPSA) is 72.9 Å². The Labute approximate surface area is 102 Å². The van der Waals surface area contributed by atoms with Crippen molar-refractivity contribution in [3.05, 3.63) is 17.5 Å². The average Bonchev–Trinajstić information content (AvgIpc) is 2.67. The van der Waals surface area contributed by atoms with Gasteiger partial charge in [-0.25, -0.2) is 0 Å². The van der Waals surface area contributed by atoms with Gasteiger partial charge in [0.25, 0.3) is 5.91 Å². The molecule has 1 heterocycles. The summed E-state index contributed by atoms with van der Waals surface area (Å²) >= 11 is 0. The van der Waals surface area contributed by atoms with E-state index in [4.69, 9.17) is 5.73 Å². The highest BCUT2D eigenvalue weighted by Crippen LogP contribution is 2.15. The van der Waals surface area contributed by atoms with E-state index in [0.29, 0.717) is 12.1 Å². The van der Waals surface area contributed by atoms with Crippen molar-refractivity contribution in [3.8, 4) is 0 Å². The van der Waals surface area contributed by atoms with E-state index in [-0.39, 0.29) is 11.4 Å². The molecule has 0 bridgehead atoms. The molecule has 17 heavy (non-hydrogen) atoms. The monoisotopic (exact) mass is 238 g/mol. The van der Waals surface area contributed by atoms with Crippen LogP contribution in [0.15, 0.2) is 6.20 Å². The summed E-state index contributed by atoms with van der Waals surface area (Å²) in [5, 5.41) is 7.10. The zero-order valence-corrected chi connectivity index (χ0v) is 11.1. The van der Waals surface area contributed by atoms with Crippen molar-refractivity contribution in [2.45, 2.75) is 39.2 Å². The van der Waals surface area contributed by atoms with Crippen LogP contribution in [0.25, 0.3) is 0 Å². The van der Waals surface area contributed by atoms with Gasteiger partial charge in [0.1, 0.15) is 0 Å². The van der Waals surface area contributed by atoms with E-state index >= 15 is 0 Å². The van der Waals surface area contributed by atoms with Gasteiger partial charge in [-0.1, -0.05) is 13.8 Å². The Kier molecular flexibility index (Phi) is 4.28. The van der Waals surface area contributed by atoms with Gasteiger partial charge in [-0.05, 0) is 19.8 Å². The van der Waals surface area contributed by atoms with Crippen LogP contribution in [-0.2, 0) is 7.05 Å². The Hall–Kier alpha value is -1.36. The quantitative estimate of drug-likeness (QED) is 0.803. The van der Waals surface area contributed by atoms with Crippen molar-refractivity contribution in [1.82, 2.24) is 15.1 Å². The summed E-state index contributed by atoms with van der Waals surface area (Å²) in [5.41, 5.74) is 6.94. The van der Waals surface area contributed by atoms with E-state index < -0.39 is 0 Å². The molecule has 0 aromatic carbocycles. The van der Waals surface area contributed by atoms with E-state index in [2.05, 4.69) is 10.4 Å². The largest absolute Gasteiger partial charge is 0.345 e. The third kappa shape index (κ3) is 2.66. The van der Waals surface area contributed by atoms with Crippen LogP contribution in [0.4, 0.5) is 0 Å². The van der Waals surface area contributed by atoms with Crippen molar-refractivity contribution < 1.29 is 4.79 Å². The zero-order valence-electron chi connectivity index (χ0n) is 11.1. The Bertz CT molecular complexity index is 385. The molecule has 0 saturated carbocycles. The lowest BCUT2D eigenvalue weighted by molar-refractivity contribution is 0.0894. The lowest BCUT2D eigenvalue weighted by atomic mass is 9.92. The normalized spacial score (nSPS) is 11.6. The number of carbonyl (C=O) groups excluding carboxylic acids is 1. The maximum absolute atomic E-state index is 12.2. The van der Waals surface area contributed by atoms with Gasteiger partial charge < -0.3 is 11.1 Å². The fraction of sp³-hybridized carbons (Fsp3) is 0.667. The molecule has 0 spiro atoms. The molecule has 0 aliphatic heterocycles. The summed E-state index contributed by atoms with van der Waals surface area (Å²) in [6.07, 6.45) is 3.24. The second-order valence-electron chi connectivity index (χ2n) is 4.41. The zero-order chi connectivity index (χ0) is 13.1. The second-order valence-corrected chi connectivity index (χ2v) is 4.41. The minimum Gasteiger partial charge on any atom is -0.345 e. The van der Waals surface area contributed by atoms with Crippen LogP contribution in [-0.4, -0.2) is 27.8 Å². The molecule has 0 saturated heterocycles. The SMILES string of the molecule is CCC(CC)(CN)NC(=O)c1cnn(C)c1C. The van der Waals surface area contributed by atoms with E-state index in [0.717, 1.165) is 18.5 Å². The van der Waals surface area contributed by atoms with Gasteiger partial charge in [0.2, 0.25) is 0 Å². The van der Waals surface area contributed by atoms with Gasteiger partial charge in [-0.15, -0.1) is 0 Å². The molecule has 3 N–H and O–H groups in total. The molecule has 1 aromatic rings. The fourth-order valence-corrected chi connectivity index (χ4v) is 1.80. The van der Waals surface area contributed by atoms with Gasteiger partial charge in [0, 0.05) is 19.3 Å². The number of hydrogen-bond acceptors (Lipinski definition) is 3. The van der Waals surface area contributed by atoms with Crippen molar-refractivity contribution >= 4 is 5.91 Å². The van der Waals surface area contributed by atoms with E-state index in [1.807, 2.05) is 27.8 Å². The van der Waals surface area contributed by atoms with Crippen molar-refractivity contribution in [3.63, 3.8) is 0 Å². The van der Waals surface area contributed by atoms with E-state index in [9.17, 15) is 4.79 Å². The van der Waals surface area contributed by atoms with Crippen LogP contribution in [0.2, 0.25) is 0 Å². The maximum Gasteiger partial charge on any atom is 0.255 e. The van der Waals surface area contributed by atoms with Crippen LogP contribution >= 0.6 is 0 Å². The number of aryl methyl sites for hydroxylation is 1. The first-order valence-corrected chi connectivity index (χ1v) is 6.00. The first kappa shape index (κ1) is 13.7. The van der Waals surface area contributed by atoms with Gasteiger partial charge in [0.15, 0.2) is 0 Å². The van der Waals surface area contributed by atoms with Gasteiger partial charge >= 0.3 is 0 Å². The number of amides is 1. The fourth-order valence-electron chi connectivity index (χ4n) is 1.80. The average molecular weight is 238 g/mol. The molecule has 96 valence electrons. The summed E-state index contributed by atoms with van der Waals surface area (Å²) in [6, 6.07) is 0. The molecule has 1 amide bonds. The molecular weight excluding hydrogens is 216 g/mol. The van der Waals surface area contributed by atoms with Crippen LogP contribution in [0, 0.1) is 6.92 Å². The predicted molar refractivity (Wildman–Crippen MR) is 67.8 cm³/mol. The van der Waals surface area contributed by atoms with Crippen LogP contribution in [0.5, 0.6) is 0 Å². The number of rotatable bonds is 5. The Morgan fingerprint density at radius 3 is 2.47 bits per heavy atom. The first-order valence-electron chi connectivity index (χ1n) is 6.00. The van der Waals surface area contributed by atoms with E-state index in [1.54, 1.807) is 10.9 Å². The second kappa shape index (κ2) is 5.31. The summed E-state index contributed by atoms with van der Waals surface area (Å²) < 4.78 is 1.69. The van der Waals surface area contributed by atoms with Crippen LogP contribution < -0.4 is 11.1 Å². The number of nitrogens with one attached hydrogen (secondary N) is 1. The number of nitrogens with two attached hydrogens (primary N) is 1. The molecule has 0 aliphatic carbocycles. The van der Waals surface area contributed by atoms with Crippen molar-refractivity contribution in [2.75, 3.05) is 6.54 Å². The van der Waals surface area contributed by atoms with Gasteiger partial charge in [-0.3, -0.25) is 9.48 Å². The molecule has 1 rings (SSSR count). The smallest absolute Gasteiger partial charge is 0.255 e. The molecule has 0 radical (unpaired) electrons. The van der Waals surface area contributed by atoms with Crippen LogP contribution in [0.3, 0.4) is 0 Å². The third-order valence-electron chi connectivity index (χ3n) is 3.60. The maximum atomic E-state index is 12.2. The summed E-state index contributed by atoms with van der Waals surface area (Å²) in [4.78, 5) is 12.2. The van der Waals surface area contributed by atoms with Crippen molar-refractivity contribution in [2.24, 2.45) is 12.8 Å². The minimum atomic E-state index is -0.306. The molecule has 5 heteroatoms. The standard InChI is InChI=1S/C12H22N4O/c1-5-12(6-2,8-13)15-11(17)10-7-14-16(4)9(10)3/h7H,5-6,8,13H2,1-4H3,(H,15,17). The van der Waals surface area contributed by atoms with Gasteiger partial charge in [-0.2, -0.15) is 5.10 Å². The molecule has 1 aromatic heterocycles. The highest BCUT2D eigenvalue weighted by molar-refractivity contribution is 5.95. The predicted octanol–water partition coefficient (Wildman–Crippen LogP) is 0.976. The molecule has 0 aliphatic rings. The third-order valence-corrected chi connectivity index (χ3v) is 3.60. The Morgan fingerprint density at radius 1 is 1.53 bits per heavy atom. The number of hydrogen-bond donors (Lipinski definition) is 2. The first-order chi connectivity index (χ1) is 7.99. The molecule has 0 fully saturated rings. The minimum absolute atomic E-state index is 0.0928. The summed E-state index contributed by atoms with van der Waals surface area (Å²) in [6.45, 7) is 6.40. The molecule has 0 unspecified atom stereocenters. The molecule has 0 atom stereocenters. The lowest BCUT2D eigenvalue weighted by Crippen LogP contribution is -2.52. The molecule has 5 nitrogen and oxygen atoms in total. The number of aromatic nitrogens is 2. The van der Waals surface area contributed by atoms with Crippen molar-refractivity contribution in [1.29, 1.82) is 0 Å². The van der Waals surface area contributed by atoms with E-state index in [1.165, 1.54) is 0 Å². The summed E-state index contributed by atoms with van der Waals surface area (Å²) in [7, 11) is 1.82.